The summed E-state index contributed by atoms with van der Waals surface area (Å²) < 4.78 is 13.1. The zero-order valence-corrected chi connectivity index (χ0v) is 44.5. The number of anilines is 6. The molecule has 0 atom stereocenters. The van der Waals surface area contributed by atoms with Crippen molar-refractivity contribution in [3.8, 4) is 45.3 Å². The SMILES string of the molecule is C=C(/C=C\C(=C)c1ccc(N2c3ccccc3Oc3ccccc32)cccc(-c2ccc3c(c2)C(C)(C)c2ccccc2-3)c2cc(N3c4ccccc4Oc4ccccc43)ccc12)C(=C)/C=C1\C(=C)C(C)(C)c2ccccc21. The summed E-state index contributed by atoms with van der Waals surface area (Å²) in [5.74, 6) is 3.15. The number of hydrogen-bond acceptors (Lipinski definition) is 4. The maximum absolute atomic E-state index is 6.54. The zero-order valence-electron chi connectivity index (χ0n) is 44.5. The van der Waals surface area contributed by atoms with Crippen molar-refractivity contribution < 1.29 is 9.47 Å². The maximum Gasteiger partial charge on any atom is 0.151 e. The zero-order chi connectivity index (χ0) is 53.5. The van der Waals surface area contributed by atoms with E-state index in [0.29, 0.717) is 0 Å². The number of benzene rings is 8. The van der Waals surface area contributed by atoms with E-state index in [-0.39, 0.29) is 10.8 Å². The number of rotatable bonds is 8. The lowest BCUT2D eigenvalue weighted by Crippen LogP contribution is -2.15. The quantitative estimate of drug-likeness (QED) is 0.142. The summed E-state index contributed by atoms with van der Waals surface area (Å²) in [7, 11) is 0. The molecule has 0 saturated heterocycles. The fraction of sp³-hybridized carbons (Fsp3) is 0.0811. The summed E-state index contributed by atoms with van der Waals surface area (Å²) in [5.41, 5.74) is 20.6. The molecule has 2 heterocycles. The normalized spacial score (nSPS) is 15.2. The van der Waals surface area contributed by atoms with Crippen LogP contribution in [0, 0.1) is 0 Å². The van der Waals surface area contributed by atoms with Crippen molar-refractivity contribution in [3.05, 3.63) is 301 Å². The Hall–Kier alpha value is -9.64. The van der Waals surface area contributed by atoms with Gasteiger partial charge in [-0.2, -0.15) is 0 Å². The molecule has 2 aliphatic heterocycles. The highest BCUT2D eigenvalue weighted by Gasteiger charge is 2.37. The highest BCUT2D eigenvalue weighted by atomic mass is 16.5. The summed E-state index contributed by atoms with van der Waals surface area (Å²) in [6.45, 7) is 27.8. The molecular formula is C74H58N2O2. The van der Waals surface area contributed by atoms with E-state index in [0.717, 1.165) is 112 Å². The van der Waals surface area contributed by atoms with Gasteiger partial charge in [0, 0.05) is 22.2 Å². The van der Waals surface area contributed by atoms with Gasteiger partial charge in [0.25, 0.3) is 0 Å². The molecule has 13 rings (SSSR count). The molecule has 0 spiro atoms. The second kappa shape index (κ2) is 18.6. The summed E-state index contributed by atoms with van der Waals surface area (Å²) in [6.07, 6.45) is 6.26. The van der Waals surface area contributed by atoms with E-state index in [1.807, 2.05) is 54.6 Å². The van der Waals surface area contributed by atoms with Gasteiger partial charge >= 0.3 is 0 Å². The number of para-hydroxylation sites is 8. The summed E-state index contributed by atoms with van der Waals surface area (Å²) in [5, 5.41) is 2.06. The minimum absolute atomic E-state index is 0.195. The van der Waals surface area contributed by atoms with E-state index in [1.54, 1.807) is 0 Å². The molecule has 0 amide bonds. The van der Waals surface area contributed by atoms with Gasteiger partial charge < -0.3 is 19.3 Å². The van der Waals surface area contributed by atoms with Gasteiger partial charge in [-0.25, -0.2) is 0 Å². The topological polar surface area (TPSA) is 24.9 Å². The van der Waals surface area contributed by atoms with Gasteiger partial charge in [0.2, 0.25) is 0 Å². The van der Waals surface area contributed by atoms with E-state index < -0.39 is 0 Å². The summed E-state index contributed by atoms with van der Waals surface area (Å²) in [6, 6.07) is 75.3. The van der Waals surface area contributed by atoms with Crippen LogP contribution in [0.5, 0.6) is 23.0 Å². The molecule has 0 aromatic heterocycles. The molecule has 0 N–H and O–H groups in total. The predicted molar refractivity (Wildman–Crippen MR) is 327 cm³/mol. The highest BCUT2D eigenvalue weighted by molar-refractivity contribution is 6.05. The second-order valence-corrected chi connectivity index (χ2v) is 21.6. The molecule has 0 radical (unpaired) electrons. The minimum atomic E-state index is -0.218. The third-order valence-electron chi connectivity index (χ3n) is 16.3. The molecule has 0 fully saturated rings. The Morgan fingerprint density at radius 1 is 0.410 bits per heavy atom. The van der Waals surface area contributed by atoms with Gasteiger partial charge in [0.05, 0.1) is 22.7 Å². The van der Waals surface area contributed by atoms with E-state index in [1.165, 1.54) is 33.4 Å². The average molecular weight is 1010 g/mol. The Labute approximate surface area is 458 Å². The second-order valence-electron chi connectivity index (χ2n) is 21.6. The van der Waals surface area contributed by atoms with E-state index >= 15 is 0 Å². The van der Waals surface area contributed by atoms with Crippen LogP contribution in [0.25, 0.3) is 44.2 Å². The van der Waals surface area contributed by atoms with Crippen LogP contribution in [0.1, 0.15) is 55.5 Å². The van der Waals surface area contributed by atoms with Crippen LogP contribution in [0.3, 0.4) is 0 Å². The first-order valence-electron chi connectivity index (χ1n) is 26.7. The first-order valence-corrected chi connectivity index (χ1v) is 26.7. The van der Waals surface area contributed by atoms with E-state index in [2.05, 4.69) is 233 Å². The first kappa shape index (κ1) is 48.0. The Morgan fingerprint density at radius 3 is 1.53 bits per heavy atom. The van der Waals surface area contributed by atoms with Crippen LogP contribution < -0.4 is 19.3 Å². The lowest BCUT2D eigenvalue weighted by molar-refractivity contribution is 0.477. The minimum Gasteiger partial charge on any atom is -0.453 e. The molecule has 9 aromatic rings. The maximum atomic E-state index is 6.54. The third kappa shape index (κ3) is 7.82. The fourth-order valence-electron chi connectivity index (χ4n) is 12.0. The fourth-order valence-corrected chi connectivity index (χ4v) is 12.0. The smallest absolute Gasteiger partial charge is 0.151 e. The van der Waals surface area contributed by atoms with Crippen molar-refractivity contribution in [1.82, 2.24) is 0 Å². The number of fused-ring (bicyclic) bond motifs is 9. The molecule has 376 valence electrons. The van der Waals surface area contributed by atoms with Crippen LogP contribution >= 0.6 is 0 Å². The number of allylic oxidation sites excluding steroid dienone is 8. The molecule has 4 heteroatoms. The Balaban J connectivity index is 1.05. The van der Waals surface area contributed by atoms with Gasteiger partial charge in [-0.05, 0) is 174 Å². The standard InChI is InChI=1S/C74H58N2O2/c1-47(49(3)44-60-50(4)73(5,6)62-26-11-10-24-58(60)62)36-37-48(2)54-42-39-52(75-65-28-13-17-32-69(65)77-70-33-18-14-29-66(70)75)22-21-25-55(51-38-41-59-57-23-9-12-27-63(57)74(7,8)64(59)45-51)61-46-53(40-43-56(54)61)76-67-30-15-19-34-71(67)78-72-35-20-16-31-68(72)76/h9-46H,1-4H2,5-8H3/b22-21?,25-21?,37-36-,42-39?,52-22?,52-39?,54-42?,55-25?,56-54?,60-44+,61-55?. The number of ether oxygens (including phenoxy) is 2. The third-order valence-corrected chi connectivity index (χ3v) is 16.3. The van der Waals surface area contributed by atoms with Gasteiger partial charge in [0.15, 0.2) is 23.0 Å². The van der Waals surface area contributed by atoms with Crippen molar-refractivity contribution in [2.24, 2.45) is 0 Å². The van der Waals surface area contributed by atoms with Crippen LogP contribution in [0.15, 0.2) is 274 Å². The molecule has 2 aliphatic carbocycles. The van der Waals surface area contributed by atoms with Crippen molar-refractivity contribution in [2.75, 3.05) is 9.80 Å². The lowest BCUT2D eigenvalue weighted by atomic mass is 9.81. The van der Waals surface area contributed by atoms with Gasteiger partial charge in [-0.3, -0.25) is 0 Å². The van der Waals surface area contributed by atoms with Crippen molar-refractivity contribution in [1.29, 1.82) is 0 Å². The summed E-state index contributed by atoms with van der Waals surface area (Å²) >= 11 is 0. The Bertz CT molecular complexity index is 4110. The predicted octanol–water partition coefficient (Wildman–Crippen LogP) is 20.7. The lowest BCUT2D eigenvalue weighted by Gasteiger charge is -2.33. The molecule has 78 heavy (non-hydrogen) atoms. The molecule has 0 saturated carbocycles. The van der Waals surface area contributed by atoms with Crippen molar-refractivity contribution in [3.63, 3.8) is 0 Å². The number of hydrogen-bond donors (Lipinski definition) is 0. The monoisotopic (exact) mass is 1010 g/mol. The summed E-state index contributed by atoms with van der Waals surface area (Å²) in [4.78, 5) is 4.60. The van der Waals surface area contributed by atoms with Gasteiger partial charge in [0.1, 0.15) is 0 Å². The largest absolute Gasteiger partial charge is 0.453 e. The first-order chi connectivity index (χ1) is 37.9. The number of nitrogens with zero attached hydrogens (tertiary/aromatic N) is 2. The molecule has 4 nitrogen and oxygen atoms in total. The van der Waals surface area contributed by atoms with Gasteiger partial charge in [-0.15, -0.1) is 0 Å². The molecule has 4 aliphatic rings. The average Bonchev–Trinajstić information content (AvgIpc) is 4.02. The van der Waals surface area contributed by atoms with Crippen LogP contribution in [0.4, 0.5) is 34.1 Å². The van der Waals surface area contributed by atoms with Crippen LogP contribution in [-0.2, 0) is 10.8 Å². The Morgan fingerprint density at radius 2 is 0.910 bits per heavy atom. The van der Waals surface area contributed by atoms with E-state index in [4.69, 9.17) is 16.1 Å². The molecule has 9 aromatic carbocycles. The molecule has 0 unspecified atom stereocenters. The van der Waals surface area contributed by atoms with Crippen LogP contribution in [0.2, 0.25) is 0 Å². The van der Waals surface area contributed by atoms with Crippen molar-refractivity contribution >= 4 is 56.0 Å². The van der Waals surface area contributed by atoms with Crippen molar-refractivity contribution in [2.45, 2.75) is 38.5 Å². The van der Waals surface area contributed by atoms with Crippen LogP contribution in [-0.4, -0.2) is 0 Å². The highest BCUT2D eigenvalue weighted by Crippen LogP contribution is 2.54. The molecule has 0 bridgehead atoms. The Kier molecular flexibility index (Phi) is 11.4. The molecular weight excluding hydrogens is 949 g/mol. The van der Waals surface area contributed by atoms with Gasteiger partial charge in [-0.1, -0.05) is 200 Å². The van der Waals surface area contributed by atoms with E-state index in [9.17, 15) is 0 Å².